The second-order valence-corrected chi connectivity index (χ2v) is 15.4. The molecule has 0 bridgehead atoms. The van der Waals surface area contributed by atoms with Gasteiger partial charge in [0.05, 0.1) is 0 Å². The summed E-state index contributed by atoms with van der Waals surface area (Å²) >= 11 is 1.36. The molecule has 7 aromatic rings. The van der Waals surface area contributed by atoms with E-state index < -0.39 is 0 Å². The van der Waals surface area contributed by atoms with Crippen LogP contribution in [0, 0.1) is 35.6 Å². The minimum absolute atomic E-state index is 0. The Hall–Kier alpha value is -3.00. The molecule has 0 spiro atoms. The molecule has 0 nitrogen and oxygen atoms in total. The fraction of sp³-hybridized carbons (Fsp3) is 0.224. The average molecular weight is 835 g/mol. The molecule has 4 heteroatoms. The van der Waals surface area contributed by atoms with E-state index in [1.807, 2.05) is 0 Å². The number of hydrogen-bond acceptors (Lipinski definition) is 0. The quantitative estimate of drug-likeness (QED) is 0.123. The summed E-state index contributed by atoms with van der Waals surface area (Å²) in [5.41, 5.74) is 14.9. The Labute approximate surface area is 350 Å². The molecule has 7 aromatic carbocycles. The van der Waals surface area contributed by atoms with Crippen LogP contribution in [0.15, 0.2) is 127 Å². The summed E-state index contributed by atoms with van der Waals surface area (Å²) in [7, 11) is 0. The third kappa shape index (κ3) is 11.3. The number of rotatable bonds is 3. The first kappa shape index (κ1) is 48.0. The van der Waals surface area contributed by atoms with E-state index in [0.717, 1.165) is 0 Å². The van der Waals surface area contributed by atoms with Crippen molar-refractivity contribution in [3.05, 3.63) is 170 Å². The van der Waals surface area contributed by atoms with Gasteiger partial charge in [-0.15, -0.1) is 93.4 Å². The van der Waals surface area contributed by atoms with E-state index in [1.165, 1.54) is 106 Å². The van der Waals surface area contributed by atoms with Crippen molar-refractivity contribution >= 4 is 53.2 Å². The zero-order valence-corrected chi connectivity index (χ0v) is 38.5. The predicted octanol–water partition coefficient (Wildman–Crippen LogP) is 15.0. The summed E-state index contributed by atoms with van der Waals surface area (Å²) in [4.78, 5) is 0. The van der Waals surface area contributed by atoms with Crippen LogP contribution in [0.3, 0.4) is 0 Å². The van der Waals surface area contributed by atoms with Gasteiger partial charge in [0.15, 0.2) is 0 Å². The molecule has 0 aromatic heterocycles. The Morgan fingerprint density at radius 3 is 1.47 bits per heavy atom. The van der Waals surface area contributed by atoms with Crippen LogP contribution in [0.2, 0.25) is 0 Å². The number of aryl methyl sites for hydroxylation is 3. The van der Waals surface area contributed by atoms with Gasteiger partial charge in [-0.3, -0.25) is 0 Å². The molecule has 0 saturated heterocycles. The molecule has 0 aliphatic carbocycles. The van der Waals surface area contributed by atoms with Crippen LogP contribution in [0.4, 0.5) is 0 Å². The fourth-order valence-corrected chi connectivity index (χ4v) is 6.54. The Morgan fingerprint density at radius 2 is 0.981 bits per heavy atom. The maximum atomic E-state index is 3.06. The Balaban J connectivity index is 0.000000480. The first-order chi connectivity index (χ1) is 23.3. The van der Waals surface area contributed by atoms with Crippen LogP contribution in [0.25, 0.3) is 54.9 Å². The van der Waals surface area contributed by atoms with Gasteiger partial charge >= 0.3 is 30.2 Å². The number of benzene rings is 5. The summed E-state index contributed by atoms with van der Waals surface area (Å²) < 4.78 is 0. The molecule has 7 rings (SSSR count). The molecule has 53 heavy (non-hydrogen) atoms. The van der Waals surface area contributed by atoms with Gasteiger partial charge in [0.1, 0.15) is 0 Å². The SMILES string of the molecule is Cc1cc2c(-c3ccc(C(C)(C)C)cc3)ccc(C)c2[cH-]1.Cc1ccc(-c2cc3c(-c4ccc(C(C)(C)C)cc4)cccc3[cH-]2)cc1.Cl.Cl.[CH3-].[CH3-].[Si]=[Zr]. The van der Waals surface area contributed by atoms with E-state index in [9.17, 15) is 0 Å². The van der Waals surface area contributed by atoms with Gasteiger partial charge < -0.3 is 14.9 Å². The molecule has 0 saturated carbocycles. The molecular formula is C49H56Cl2SiZr-4. The molecule has 0 aliphatic rings. The molecule has 0 amide bonds. The van der Waals surface area contributed by atoms with Gasteiger partial charge in [-0.25, -0.2) is 0 Å². The summed E-state index contributed by atoms with van der Waals surface area (Å²) in [5, 5.41) is 5.38. The molecule has 0 unspecified atom stereocenters. The van der Waals surface area contributed by atoms with Crippen LogP contribution < -0.4 is 0 Å². The molecule has 0 N–H and O–H groups in total. The molecule has 278 valence electrons. The second kappa shape index (κ2) is 20.1. The monoisotopic (exact) mass is 832 g/mol. The van der Waals surface area contributed by atoms with E-state index in [-0.39, 0.29) is 50.5 Å². The van der Waals surface area contributed by atoms with Gasteiger partial charge in [0, 0.05) is 0 Å². The van der Waals surface area contributed by atoms with Crippen LogP contribution in [0.5, 0.6) is 0 Å². The Morgan fingerprint density at radius 1 is 0.509 bits per heavy atom. The van der Waals surface area contributed by atoms with Crippen molar-refractivity contribution in [2.75, 3.05) is 0 Å². The van der Waals surface area contributed by atoms with Gasteiger partial charge in [0.25, 0.3) is 0 Å². The van der Waals surface area contributed by atoms with E-state index in [2.05, 4.69) is 197 Å². The topological polar surface area (TPSA) is 0 Å². The van der Waals surface area contributed by atoms with Crippen molar-refractivity contribution in [3.8, 4) is 33.4 Å². The van der Waals surface area contributed by atoms with Crippen LogP contribution in [0.1, 0.15) is 69.4 Å². The second-order valence-electron chi connectivity index (χ2n) is 15.4. The molecular weight excluding hydrogens is 779 g/mol. The van der Waals surface area contributed by atoms with Gasteiger partial charge in [-0.05, 0) is 40.0 Å². The Bertz CT molecular complexity index is 2170. The first-order valence-corrected chi connectivity index (χ1v) is 21.4. The third-order valence-electron chi connectivity index (χ3n) is 9.51. The van der Waals surface area contributed by atoms with Gasteiger partial charge in [-0.1, -0.05) is 169 Å². The predicted molar refractivity (Wildman–Crippen MR) is 240 cm³/mol. The molecule has 0 aliphatic heterocycles. The van der Waals surface area contributed by atoms with Gasteiger partial charge in [0.2, 0.25) is 0 Å². The van der Waals surface area contributed by atoms with Crippen LogP contribution in [-0.2, 0) is 34.2 Å². The zero-order valence-electron chi connectivity index (χ0n) is 33.4. The molecule has 0 heterocycles. The van der Waals surface area contributed by atoms with Crippen molar-refractivity contribution in [3.63, 3.8) is 0 Å². The van der Waals surface area contributed by atoms with Crippen molar-refractivity contribution in [1.82, 2.24) is 0 Å². The number of halogens is 2. The van der Waals surface area contributed by atoms with Crippen molar-refractivity contribution in [2.45, 2.75) is 73.1 Å². The number of hydrogen-bond donors (Lipinski definition) is 0. The van der Waals surface area contributed by atoms with Crippen molar-refractivity contribution in [1.29, 1.82) is 0 Å². The molecule has 2 radical (unpaired) electrons. The van der Waals surface area contributed by atoms with Crippen LogP contribution >= 0.6 is 24.8 Å². The maximum absolute atomic E-state index is 3.06. The number of fused-ring (bicyclic) bond motifs is 2. The van der Waals surface area contributed by atoms with E-state index >= 15 is 0 Å². The van der Waals surface area contributed by atoms with Crippen molar-refractivity contribution in [2.24, 2.45) is 0 Å². The minimum atomic E-state index is 0. The standard InChI is InChI=1S/C26H25.C21H23.2CH3.2ClH.Si.Zr/c1-18-8-10-19(11-9-18)22-16-21-6-5-7-24(25(21)17-22)20-12-14-23(15-13-20)26(2,3)4;1-14-12-19-15(2)6-11-18(20(19)13-14)16-7-9-17(10-8-16)21(3,4)5;;;;;;/h5-17H,1-4H3;6-13H,1-5H3;2*1H3;2*1H;;/q4*-1;;;;. The summed E-state index contributed by atoms with van der Waals surface area (Å²) in [6.07, 6.45) is 0. The molecule has 0 atom stereocenters. The van der Waals surface area contributed by atoms with E-state index in [1.54, 1.807) is 0 Å². The summed E-state index contributed by atoms with van der Waals surface area (Å²) in [6, 6.07) is 47.2. The van der Waals surface area contributed by atoms with Gasteiger partial charge in [-0.2, -0.15) is 6.07 Å². The van der Waals surface area contributed by atoms with Crippen LogP contribution in [-0.4, -0.2) is 6.88 Å². The normalized spacial score (nSPS) is 10.6. The zero-order chi connectivity index (χ0) is 35.5. The fourth-order valence-electron chi connectivity index (χ4n) is 6.54. The van der Waals surface area contributed by atoms with E-state index in [4.69, 9.17) is 0 Å². The average Bonchev–Trinajstić information content (AvgIpc) is 3.70. The van der Waals surface area contributed by atoms with Crippen molar-refractivity contribution < 1.29 is 23.3 Å². The summed E-state index contributed by atoms with van der Waals surface area (Å²) in [5.74, 6) is 0. The Kier molecular flexibility index (Phi) is 18.2. The molecule has 0 fully saturated rings. The summed E-state index contributed by atoms with van der Waals surface area (Å²) in [6.45, 7) is 23.1. The van der Waals surface area contributed by atoms with E-state index in [0.29, 0.717) is 0 Å². The third-order valence-corrected chi connectivity index (χ3v) is 9.51. The first-order valence-electron chi connectivity index (χ1n) is 17.2.